The second-order valence-corrected chi connectivity index (χ2v) is 21.8. The zero-order valence-corrected chi connectivity index (χ0v) is 27.3. The summed E-state index contributed by atoms with van der Waals surface area (Å²) in [5.41, 5.74) is 9.67. The third-order valence-corrected chi connectivity index (χ3v) is 7.75. The van der Waals surface area contributed by atoms with Crippen LogP contribution in [-0.2, 0) is 0 Å². The minimum Gasteiger partial charge on any atom is -0.493 e. The van der Waals surface area contributed by atoms with Crippen LogP contribution in [0.4, 0.5) is 0 Å². The Hall–Kier alpha value is -3.07. The van der Waals surface area contributed by atoms with Gasteiger partial charge in [-0.05, 0) is 49.2 Å². The number of hydrogen-bond donors (Lipinski definition) is 0. The van der Waals surface area contributed by atoms with Crippen molar-refractivity contribution in [3.05, 3.63) is 58.7 Å². The summed E-state index contributed by atoms with van der Waals surface area (Å²) in [6.07, 6.45) is 10.6. The Morgan fingerprint density at radius 2 is 0.925 bits per heavy atom. The van der Waals surface area contributed by atoms with E-state index in [0.29, 0.717) is 35.8 Å². The highest BCUT2D eigenvalue weighted by atomic mass is 28.3. The number of hydrogen-bond acceptors (Lipinski definition) is 4. The number of carbonyl (C=O) groups is 2. The van der Waals surface area contributed by atoms with Crippen molar-refractivity contribution in [2.24, 2.45) is 0 Å². The molecule has 0 saturated heterocycles. The van der Waals surface area contributed by atoms with Crippen LogP contribution < -0.4 is 9.47 Å². The van der Waals surface area contributed by atoms with E-state index in [2.05, 4.69) is 62.2 Å². The highest BCUT2D eigenvalue weighted by Crippen LogP contribution is 2.21. The van der Waals surface area contributed by atoms with Crippen LogP contribution in [0.25, 0.3) is 0 Å². The average molecular weight is 575 g/mol. The van der Waals surface area contributed by atoms with Gasteiger partial charge >= 0.3 is 0 Å². The molecule has 0 fully saturated rings. The maximum atomic E-state index is 11.4. The first-order chi connectivity index (χ1) is 19.0. The van der Waals surface area contributed by atoms with E-state index < -0.39 is 16.1 Å². The summed E-state index contributed by atoms with van der Waals surface area (Å²) >= 11 is 0. The lowest BCUT2D eigenvalue weighted by Crippen LogP contribution is -2.16. The molecule has 0 heterocycles. The number of unbranched alkanes of at least 4 members (excludes halogenated alkanes) is 7. The molecule has 2 rings (SSSR count). The van der Waals surface area contributed by atoms with E-state index in [1.807, 2.05) is 24.3 Å². The van der Waals surface area contributed by atoms with Gasteiger partial charge in [-0.3, -0.25) is 9.59 Å². The van der Waals surface area contributed by atoms with Crippen LogP contribution in [0.1, 0.15) is 83.2 Å². The Morgan fingerprint density at radius 1 is 0.575 bits per heavy atom. The Labute approximate surface area is 244 Å². The lowest BCUT2D eigenvalue weighted by Gasteiger charge is -2.10. The predicted octanol–water partition coefficient (Wildman–Crippen LogP) is 8.35. The van der Waals surface area contributed by atoms with Crippen LogP contribution in [0.3, 0.4) is 0 Å². The Balaban J connectivity index is 1.61. The first-order valence-corrected chi connectivity index (χ1v) is 21.5. The fourth-order valence-corrected chi connectivity index (χ4v) is 4.86. The van der Waals surface area contributed by atoms with Gasteiger partial charge in [-0.15, -0.1) is 11.1 Å². The van der Waals surface area contributed by atoms with E-state index in [-0.39, 0.29) is 0 Å². The molecule has 0 bridgehead atoms. The van der Waals surface area contributed by atoms with Gasteiger partial charge in [0.2, 0.25) is 0 Å². The number of aldehydes is 2. The molecule has 0 N–H and O–H groups in total. The third-order valence-electron chi connectivity index (χ3n) is 6.00. The number of rotatable bonds is 15. The molecule has 0 saturated carbocycles. The van der Waals surface area contributed by atoms with Crippen LogP contribution in [0.5, 0.6) is 11.5 Å². The van der Waals surface area contributed by atoms with Crippen molar-refractivity contribution in [1.82, 2.24) is 0 Å². The van der Waals surface area contributed by atoms with Gasteiger partial charge in [0.25, 0.3) is 0 Å². The second-order valence-electron chi connectivity index (χ2n) is 12.3. The molecular weight excluding hydrogens is 529 g/mol. The molecule has 0 atom stereocenters. The Bertz CT molecular complexity index is 1130. The summed E-state index contributed by atoms with van der Waals surface area (Å²) < 4.78 is 11.9. The number of ether oxygens (including phenoxy) is 2. The smallest absolute Gasteiger partial charge is 0.153 e. The van der Waals surface area contributed by atoms with Crippen molar-refractivity contribution in [2.45, 2.75) is 90.6 Å². The molecule has 0 spiro atoms. The molecule has 2 aromatic rings. The van der Waals surface area contributed by atoms with E-state index in [0.717, 1.165) is 49.4 Å². The monoisotopic (exact) mass is 574 g/mol. The maximum absolute atomic E-state index is 11.4. The van der Waals surface area contributed by atoms with Crippen molar-refractivity contribution < 1.29 is 19.1 Å². The molecule has 214 valence electrons. The van der Waals surface area contributed by atoms with Gasteiger partial charge in [0.05, 0.1) is 24.3 Å². The van der Waals surface area contributed by atoms with Crippen LogP contribution in [0.2, 0.25) is 39.3 Å². The second kappa shape index (κ2) is 16.9. The maximum Gasteiger partial charge on any atom is 0.153 e. The average Bonchev–Trinajstić information content (AvgIpc) is 2.90. The normalized spacial score (nSPS) is 11.1. The van der Waals surface area contributed by atoms with E-state index in [9.17, 15) is 9.59 Å². The lowest BCUT2D eigenvalue weighted by molar-refractivity contribution is 0.111. The molecule has 2 aromatic carbocycles. The first kappa shape index (κ1) is 33.1. The standard InChI is InChI=1S/C34H46O4Si2/c1-39(2,3)23-19-29-15-17-31(27-35)33(25-29)37-21-13-11-9-7-8-10-12-14-22-38-34-26-30(16-18-32(34)28-36)20-24-40(4,5)6/h15-18,25-28H,7-14,21-22H2,1-6H3. The summed E-state index contributed by atoms with van der Waals surface area (Å²) in [5, 5.41) is 0. The fourth-order valence-electron chi connectivity index (χ4n) is 3.82. The van der Waals surface area contributed by atoms with Crippen LogP contribution >= 0.6 is 0 Å². The molecule has 0 aliphatic rings. The summed E-state index contributed by atoms with van der Waals surface area (Å²) in [6.45, 7) is 14.5. The first-order valence-electron chi connectivity index (χ1n) is 14.5. The van der Waals surface area contributed by atoms with Gasteiger partial charge in [-0.2, -0.15) is 0 Å². The van der Waals surface area contributed by atoms with Gasteiger partial charge in [0.15, 0.2) is 12.6 Å². The Morgan fingerprint density at radius 3 is 1.25 bits per heavy atom. The third kappa shape index (κ3) is 13.8. The minimum absolute atomic E-state index is 0.577. The van der Waals surface area contributed by atoms with E-state index in [1.165, 1.54) is 25.7 Å². The van der Waals surface area contributed by atoms with Crippen molar-refractivity contribution in [1.29, 1.82) is 0 Å². The molecule has 40 heavy (non-hydrogen) atoms. The lowest BCUT2D eigenvalue weighted by atomic mass is 10.1. The van der Waals surface area contributed by atoms with E-state index in [1.54, 1.807) is 12.1 Å². The predicted molar refractivity (Wildman–Crippen MR) is 172 cm³/mol. The fraction of sp³-hybridized carbons (Fsp3) is 0.471. The molecule has 0 amide bonds. The van der Waals surface area contributed by atoms with Crippen LogP contribution in [0.15, 0.2) is 36.4 Å². The van der Waals surface area contributed by atoms with Crippen molar-refractivity contribution >= 4 is 28.7 Å². The van der Waals surface area contributed by atoms with Crippen LogP contribution in [-0.4, -0.2) is 41.9 Å². The molecule has 4 nitrogen and oxygen atoms in total. The molecule has 0 aliphatic carbocycles. The number of benzene rings is 2. The molecule has 6 heteroatoms. The molecule has 0 radical (unpaired) electrons. The molecule has 0 aliphatic heterocycles. The quantitative estimate of drug-likeness (QED) is 0.0928. The zero-order chi connectivity index (χ0) is 29.4. The molecule has 0 aromatic heterocycles. The molecular formula is C34H46O4Si2. The summed E-state index contributed by atoms with van der Waals surface area (Å²) in [5.74, 6) is 7.73. The largest absolute Gasteiger partial charge is 0.493 e. The summed E-state index contributed by atoms with van der Waals surface area (Å²) in [7, 11) is -2.91. The van der Waals surface area contributed by atoms with E-state index >= 15 is 0 Å². The van der Waals surface area contributed by atoms with Crippen molar-refractivity contribution in [3.63, 3.8) is 0 Å². The molecule has 0 unspecified atom stereocenters. The van der Waals surface area contributed by atoms with Crippen molar-refractivity contribution in [3.8, 4) is 34.4 Å². The topological polar surface area (TPSA) is 52.6 Å². The SMILES string of the molecule is C[Si](C)(C)C#Cc1ccc(C=O)c(OCCCCCCCCCCOc2cc(C#C[Si](C)(C)C)ccc2C=O)c1. The van der Waals surface area contributed by atoms with Gasteiger partial charge < -0.3 is 9.47 Å². The number of carbonyl (C=O) groups excluding carboxylic acids is 2. The van der Waals surface area contributed by atoms with Gasteiger partial charge in [-0.1, -0.05) is 89.6 Å². The zero-order valence-electron chi connectivity index (χ0n) is 25.3. The minimum atomic E-state index is -1.46. The Kier molecular flexibility index (Phi) is 14.0. The highest BCUT2D eigenvalue weighted by molar-refractivity contribution is 6.84. The summed E-state index contributed by atoms with van der Waals surface area (Å²) in [4.78, 5) is 22.8. The highest BCUT2D eigenvalue weighted by Gasteiger charge is 2.10. The van der Waals surface area contributed by atoms with Crippen molar-refractivity contribution in [2.75, 3.05) is 13.2 Å². The van der Waals surface area contributed by atoms with E-state index in [4.69, 9.17) is 9.47 Å². The van der Waals surface area contributed by atoms with Gasteiger partial charge in [0, 0.05) is 11.1 Å². The van der Waals surface area contributed by atoms with Crippen LogP contribution in [0, 0.1) is 22.9 Å². The summed E-state index contributed by atoms with van der Waals surface area (Å²) in [6, 6.07) is 11.1. The van der Waals surface area contributed by atoms with Gasteiger partial charge in [-0.25, -0.2) is 0 Å². The van der Waals surface area contributed by atoms with Gasteiger partial charge in [0.1, 0.15) is 27.6 Å².